The molecule has 1 amide bonds. The van der Waals surface area contributed by atoms with Crippen LogP contribution in [0.4, 0.5) is 10.5 Å². The van der Waals surface area contributed by atoms with Crippen molar-refractivity contribution in [2.45, 2.75) is 18.6 Å². The highest BCUT2D eigenvalue weighted by atomic mass is 16.6. The molecule has 1 aliphatic rings. The van der Waals surface area contributed by atoms with Gasteiger partial charge in [0.2, 0.25) is 0 Å². The SMILES string of the molecule is N=C(N)c1ccc(N2CC(COc3ccc(CC(N)C(=O)O)cc3)OC2=O)cc1. The number of carboxylic acids is 1. The van der Waals surface area contributed by atoms with Gasteiger partial charge in [-0.25, -0.2) is 4.79 Å². The first-order valence-corrected chi connectivity index (χ1v) is 8.96. The highest BCUT2D eigenvalue weighted by Crippen LogP contribution is 2.23. The van der Waals surface area contributed by atoms with Crippen molar-refractivity contribution in [1.29, 1.82) is 5.41 Å². The number of benzene rings is 2. The minimum absolute atomic E-state index is 0.0391. The number of hydrogen-bond donors (Lipinski definition) is 4. The van der Waals surface area contributed by atoms with Crippen LogP contribution in [-0.4, -0.2) is 48.3 Å². The third kappa shape index (κ3) is 5.02. The molecule has 0 aliphatic carbocycles. The molecule has 9 nitrogen and oxygen atoms in total. The first-order valence-electron chi connectivity index (χ1n) is 8.96. The number of aliphatic carboxylic acids is 1. The van der Waals surface area contributed by atoms with Gasteiger partial charge < -0.3 is 26.0 Å². The summed E-state index contributed by atoms with van der Waals surface area (Å²) < 4.78 is 11.0. The van der Waals surface area contributed by atoms with E-state index in [1.54, 1.807) is 48.5 Å². The lowest BCUT2D eigenvalue weighted by atomic mass is 10.1. The number of carbonyl (C=O) groups excluding carboxylic acids is 1. The van der Waals surface area contributed by atoms with Gasteiger partial charge in [0.1, 0.15) is 24.2 Å². The van der Waals surface area contributed by atoms with E-state index in [9.17, 15) is 9.59 Å². The largest absolute Gasteiger partial charge is 0.490 e. The fourth-order valence-electron chi connectivity index (χ4n) is 2.89. The number of amidine groups is 1. The van der Waals surface area contributed by atoms with Crippen LogP contribution in [0.3, 0.4) is 0 Å². The van der Waals surface area contributed by atoms with Gasteiger partial charge in [0, 0.05) is 11.3 Å². The van der Waals surface area contributed by atoms with Crippen molar-refractivity contribution >= 4 is 23.6 Å². The number of nitrogens with two attached hydrogens (primary N) is 2. The molecule has 9 heteroatoms. The van der Waals surface area contributed by atoms with Crippen LogP contribution >= 0.6 is 0 Å². The molecule has 2 aromatic carbocycles. The zero-order valence-corrected chi connectivity index (χ0v) is 15.6. The maximum absolute atomic E-state index is 12.1. The van der Waals surface area contributed by atoms with Gasteiger partial charge >= 0.3 is 12.1 Å². The Kier molecular flexibility index (Phi) is 5.99. The monoisotopic (exact) mass is 398 g/mol. The van der Waals surface area contributed by atoms with Gasteiger partial charge in [-0.05, 0) is 48.4 Å². The third-order valence-corrected chi connectivity index (χ3v) is 4.50. The highest BCUT2D eigenvalue weighted by molar-refractivity contribution is 5.96. The molecule has 0 spiro atoms. The average molecular weight is 398 g/mol. The normalized spacial score (nSPS) is 16.9. The summed E-state index contributed by atoms with van der Waals surface area (Å²) >= 11 is 0. The summed E-state index contributed by atoms with van der Waals surface area (Å²) in [5.74, 6) is -0.505. The van der Waals surface area contributed by atoms with Crippen molar-refractivity contribution in [1.82, 2.24) is 0 Å². The van der Waals surface area contributed by atoms with Crippen LogP contribution < -0.4 is 21.1 Å². The number of ether oxygens (including phenoxy) is 2. The topological polar surface area (TPSA) is 152 Å². The summed E-state index contributed by atoms with van der Waals surface area (Å²) in [6, 6.07) is 12.8. The van der Waals surface area contributed by atoms with E-state index in [2.05, 4.69) is 0 Å². The van der Waals surface area contributed by atoms with Crippen molar-refractivity contribution in [3.8, 4) is 5.75 Å². The van der Waals surface area contributed by atoms with Gasteiger partial charge in [-0.3, -0.25) is 15.1 Å². The molecule has 1 fully saturated rings. The van der Waals surface area contributed by atoms with E-state index < -0.39 is 24.2 Å². The standard InChI is InChI=1S/C20H22N4O5/c21-17(19(25)26)9-12-1-7-15(8-2-12)28-11-16-10-24(20(27)29-16)14-5-3-13(4-6-14)18(22)23/h1-8,16-17H,9-11,21H2,(H3,22,23)(H,25,26). The quantitative estimate of drug-likeness (QED) is 0.386. The molecule has 2 aromatic rings. The highest BCUT2D eigenvalue weighted by Gasteiger charge is 2.32. The molecule has 0 aromatic heterocycles. The summed E-state index contributed by atoms with van der Waals surface area (Å²) in [6.07, 6.45) is -0.671. The van der Waals surface area contributed by atoms with Crippen LogP contribution in [0.2, 0.25) is 0 Å². The number of nitrogens with one attached hydrogen (secondary N) is 1. The second kappa shape index (κ2) is 8.61. The van der Waals surface area contributed by atoms with Crippen LogP contribution in [0.1, 0.15) is 11.1 Å². The predicted molar refractivity (Wildman–Crippen MR) is 106 cm³/mol. The maximum atomic E-state index is 12.1. The minimum Gasteiger partial charge on any atom is -0.490 e. The zero-order chi connectivity index (χ0) is 21.0. The Labute approximate surface area is 167 Å². The van der Waals surface area contributed by atoms with Gasteiger partial charge in [0.05, 0.1) is 6.54 Å². The predicted octanol–water partition coefficient (Wildman–Crippen LogP) is 1.33. The Hall–Kier alpha value is -3.59. The molecular formula is C20H22N4O5. The number of nitrogens with zero attached hydrogens (tertiary/aromatic N) is 1. The summed E-state index contributed by atoms with van der Waals surface area (Å²) in [5.41, 5.74) is 13.0. The molecule has 1 heterocycles. The van der Waals surface area contributed by atoms with E-state index >= 15 is 0 Å². The number of amides is 1. The molecule has 6 N–H and O–H groups in total. The summed E-state index contributed by atoms with van der Waals surface area (Å²) in [7, 11) is 0. The van der Waals surface area contributed by atoms with Crippen LogP contribution in [-0.2, 0) is 16.0 Å². The summed E-state index contributed by atoms with van der Waals surface area (Å²) in [4.78, 5) is 24.4. The summed E-state index contributed by atoms with van der Waals surface area (Å²) in [5, 5.41) is 16.3. The van der Waals surface area contributed by atoms with Gasteiger partial charge in [0.25, 0.3) is 0 Å². The van der Waals surface area contributed by atoms with Crippen molar-refractivity contribution in [3.63, 3.8) is 0 Å². The lowest BCUT2D eigenvalue weighted by Crippen LogP contribution is -2.32. The lowest BCUT2D eigenvalue weighted by molar-refractivity contribution is -0.138. The molecule has 2 unspecified atom stereocenters. The Morgan fingerprint density at radius 3 is 2.48 bits per heavy atom. The Morgan fingerprint density at radius 1 is 1.24 bits per heavy atom. The van der Waals surface area contributed by atoms with E-state index in [1.165, 1.54) is 4.90 Å². The molecule has 0 radical (unpaired) electrons. The van der Waals surface area contributed by atoms with Crippen LogP contribution in [0.5, 0.6) is 5.75 Å². The maximum Gasteiger partial charge on any atom is 0.414 e. The molecule has 3 rings (SSSR count). The molecule has 1 saturated heterocycles. The van der Waals surface area contributed by atoms with E-state index in [4.69, 9.17) is 31.5 Å². The van der Waals surface area contributed by atoms with Gasteiger partial charge in [-0.2, -0.15) is 0 Å². The van der Waals surface area contributed by atoms with Gasteiger partial charge in [0.15, 0.2) is 6.10 Å². The molecule has 0 bridgehead atoms. The smallest absolute Gasteiger partial charge is 0.414 e. The molecule has 2 atom stereocenters. The van der Waals surface area contributed by atoms with Crippen LogP contribution in [0, 0.1) is 5.41 Å². The molecule has 29 heavy (non-hydrogen) atoms. The number of carbonyl (C=O) groups is 2. The number of cyclic esters (lactones) is 1. The number of anilines is 1. The van der Waals surface area contributed by atoms with Gasteiger partial charge in [-0.15, -0.1) is 0 Å². The lowest BCUT2D eigenvalue weighted by Gasteiger charge is -2.14. The number of nitrogen functional groups attached to an aromatic ring is 1. The van der Waals surface area contributed by atoms with E-state index in [1.807, 2.05) is 0 Å². The fraction of sp³-hybridized carbons (Fsp3) is 0.250. The Balaban J connectivity index is 1.53. The van der Waals surface area contributed by atoms with Crippen LogP contribution in [0.15, 0.2) is 48.5 Å². The first kappa shape index (κ1) is 20.2. The second-order valence-electron chi connectivity index (χ2n) is 6.68. The average Bonchev–Trinajstić information content (AvgIpc) is 3.08. The number of hydrogen-bond acceptors (Lipinski definition) is 6. The molecule has 1 aliphatic heterocycles. The van der Waals surface area contributed by atoms with Crippen molar-refractivity contribution in [2.24, 2.45) is 11.5 Å². The summed E-state index contributed by atoms with van der Waals surface area (Å²) in [6.45, 7) is 0.519. The third-order valence-electron chi connectivity index (χ3n) is 4.50. The Bertz CT molecular complexity index is 898. The van der Waals surface area contributed by atoms with Crippen molar-refractivity contribution < 1.29 is 24.2 Å². The fourth-order valence-corrected chi connectivity index (χ4v) is 2.89. The van der Waals surface area contributed by atoms with Crippen LogP contribution in [0.25, 0.3) is 0 Å². The van der Waals surface area contributed by atoms with Crippen molar-refractivity contribution in [3.05, 3.63) is 59.7 Å². The number of rotatable bonds is 8. The first-order chi connectivity index (χ1) is 13.8. The molecule has 152 valence electrons. The van der Waals surface area contributed by atoms with E-state index in [-0.39, 0.29) is 18.9 Å². The number of carboxylic acid groups (broad SMARTS) is 1. The zero-order valence-electron chi connectivity index (χ0n) is 15.6. The van der Waals surface area contributed by atoms with Gasteiger partial charge in [-0.1, -0.05) is 12.1 Å². The molecule has 0 saturated carbocycles. The Morgan fingerprint density at radius 2 is 1.90 bits per heavy atom. The second-order valence-corrected chi connectivity index (χ2v) is 6.68. The van der Waals surface area contributed by atoms with E-state index in [0.29, 0.717) is 23.5 Å². The van der Waals surface area contributed by atoms with E-state index in [0.717, 1.165) is 5.56 Å². The minimum atomic E-state index is -1.05. The molecular weight excluding hydrogens is 376 g/mol. The van der Waals surface area contributed by atoms with Crippen molar-refractivity contribution in [2.75, 3.05) is 18.1 Å².